The summed E-state index contributed by atoms with van der Waals surface area (Å²) in [4.78, 5) is 22.0. The van der Waals surface area contributed by atoms with Crippen molar-refractivity contribution < 1.29 is 19.4 Å². The molecule has 3 N–H and O–H groups in total. The molecule has 0 aliphatic rings. The second-order valence-electron chi connectivity index (χ2n) is 4.47. The normalized spacial score (nSPS) is 15.1. The molecule has 0 spiro atoms. The molecule has 0 rings (SSSR count). The van der Waals surface area contributed by atoms with E-state index in [1.165, 1.54) is 7.05 Å². The molecule has 6 heteroatoms. The summed E-state index contributed by atoms with van der Waals surface area (Å²) in [5.74, 6) is -1.12. The van der Waals surface area contributed by atoms with E-state index in [-0.39, 0.29) is 0 Å². The van der Waals surface area contributed by atoms with Crippen LogP contribution in [0, 0.1) is 0 Å². The number of carboxylic acid groups (broad SMARTS) is 1. The Hall–Kier alpha value is -1.30. The highest BCUT2D eigenvalue weighted by Crippen LogP contribution is 2.13. The molecule has 0 radical (unpaired) electrons. The topological polar surface area (TPSA) is 87.7 Å². The van der Waals surface area contributed by atoms with Gasteiger partial charge in [0, 0.05) is 7.05 Å². The zero-order valence-corrected chi connectivity index (χ0v) is 10.3. The van der Waals surface area contributed by atoms with Crippen LogP contribution in [-0.2, 0) is 9.53 Å². The van der Waals surface area contributed by atoms with Crippen molar-refractivity contribution >= 4 is 12.0 Å². The van der Waals surface area contributed by atoms with Crippen LogP contribution in [-0.4, -0.2) is 41.9 Å². The lowest BCUT2D eigenvalue weighted by molar-refractivity contribution is -0.146. The lowest BCUT2D eigenvalue weighted by Gasteiger charge is -2.29. The molecular formula is C10H20N2O4. The predicted molar refractivity (Wildman–Crippen MR) is 59.3 cm³/mol. The number of hydrogen-bond donors (Lipinski definition) is 3. The zero-order chi connectivity index (χ0) is 12.9. The van der Waals surface area contributed by atoms with Crippen molar-refractivity contribution in [2.24, 2.45) is 0 Å². The Kier molecular flexibility index (Phi) is 5.23. The molecule has 0 saturated carbocycles. The molecule has 0 aromatic rings. The SMILES string of the molecule is CNC(=O)N[C@H](C(=O)O)C(C)OC(C)(C)C. The Bertz CT molecular complexity index is 260. The average molecular weight is 232 g/mol. The molecule has 2 amide bonds. The van der Waals surface area contributed by atoms with Gasteiger partial charge in [-0.2, -0.15) is 0 Å². The van der Waals surface area contributed by atoms with Crippen LogP contribution in [0.4, 0.5) is 4.79 Å². The summed E-state index contributed by atoms with van der Waals surface area (Å²) in [7, 11) is 1.42. The molecule has 0 aliphatic heterocycles. The molecule has 94 valence electrons. The molecule has 6 nitrogen and oxygen atoms in total. The standard InChI is InChI=1S/C10H20N2O4/c1-6(16-10(2,3)4)7(8(13)14)12-9(15)11-5/h6-7H,1-5H3,(H,13,14)(H2,11,12,15)/t6?,7-/m0/s1. The minimum absolute atomic E-state index is 0.461. The second-order valence-corrected chi connectivity index (χ2v) is 4.47. The number of carbonyl (C=O) groups excluding carboxylic acids is 1. The van der Waals surface area contributed by atoms with Crippen LogP contribution in [0.3, 0.4) is 0 Å². The number of ether oxygens (including phenoxy) is 1. The third-order valence-electron chi connectivity index (χ3n) is 1.79. The number of carboxylic acids is 1. The fourth-order valence-electron chi connectivity index (χ4n) is 1.22. The molecule has 0 fully saturated rings. The van der Waals surface area contributed by atoms with Crippen LogP contribution >= 0.6 is 0 Å². The van der Waals surface area contributed by atoms with E-state index in [1.807, 2.05) is 20.8 Å². The Morgan fingerprint density at radius 1 is 1.31 bits per heavy atom. The van der Waals surface area contributed by atoms with Crippen molar-refractivity contribution in [1.29, 1.82) is 0 Å². The van der Waals surface area contributed by atoms with Crippen LogP contribution < -0.4 is 10.6 Å². The van der Waals surface area contributed by atoms with Gasteiger partial charge in [-0.15, -0.1) is 0 Å². The van der Waals surface area contributed by atoms with E-state index in [4.69, 9.17) is 9.84 Å². The van der Waals surface area contributed by atoms with Gasteiger partial charge in [-0.05, 0) is 27.7 Å². The maximum Gasteiger partial charge on any atom is 0.328 e. The van der Waals surface area contributed by atoms with E-state index in [0.29, 0.717) is 0 Å². The highest BCUT2D eigenvalue weighted by atomic mass is 16.5. The zero-order valence-electron chi connectivity index (χ0n) is 10.3. The van der Waals surface area contributed by atoms with E-state index in [1.54, 1.807) is 6.92 Å². The smallest absolute Gasteiger partial charge is 0.328 e. The van der Waals surface area contributed by atoms with Gasteiger partial charge in [0.15, 0.2) is 6.04 Å². The molecule has 1 unspecified atom stereocenters. The lowest BCUT2D eigenvalue weighted by Crippen LogP contribution is -2.52. The van der Waals surface area contributed by atoms with Gasteiger partial charge in [-0.1, -0.05) is 0 Å². The summed E-state index contributed by atoms with van der Waals surface area (Å²) in [5, 5.41) is 13.6. The number of carbonyl (C=O) groups is 2. The molecule has 0 aromatic carbocycles. The molecule has 0 saturated heterocycles. The van der Waals surface area contributed by atoms with Crippen molar-refractivity contribution in [2.75, 3.05) is 7.05 Å². The Morgan fingerprint density at radius 2 is 1.81 bits per heavy atom. The Labute approximate surface area is 95.4 Å². The van der Waals surface area contributed by atoms with Crippen LogP contribution in [0.25, 0.3) is 0 Å². The number of nitrogens with one attached hydrogen (secondary N) is 2. The highest BCUT2D eigenvalue weighted by molar-refractivity contribution is 5.82. The molecule has 2 atom stereocenters. The van der Waals surface area contributed by atoms with Gasteiger partial charge >= 0.3 is 12.0 Å². The number of hydrogen-bond acceptors (Lipinski definition) is 3. The molecule has 16 heavy (non-hydrogen) atoms. The first-order valence-electron chi connectivity index (χ1n) is 5.06. The second kappa shape index (κ2) is 5.69. The first-order chi connectivity index (χ1) is 7.17. The van der Waals surface area contributed by atoms with E-state index in [0.717, 1.165) is 0 Å². The molecule has 0 bridgehead atoms. The van der Waals surface area contributed by atoms with Crippen molar-refractivity contribution in [3.63, 3.8) is 0 Å². The van der Waals surface area contributed by atoms with E-state index < -0.39 is 29.7 Å². The molecule has 0 aliphatic carbocycles. The van der Waals surface area contributed by atoms with Crippen LogP contribution in [0.2, 0.25) is 0 Å². The third-order valence-corrected chi connectivity index (χ3v) is 1.79. The summed E-state index contributed by atoms with van der Waals surface area (Å²) < 4.78 is 5.48. The predicted octanol–water partition coefficient (Wildman–Crippen LogP) is 0.572. The van der Waals surface area contributed by atoms with Crippen molar-refractivity contribution in [3.05, 3.63) is 0 Å². The Morgan fingerprint density at radius 3 is 2.12 bits per heavy atom. The van der Waals surface area contributed by atoms with Crippen LogP contribution in [0.15, 0.2) is 0 Å². The molecular weight excluding hydrogens is 212 g/mol. The number of amides is 2. The molecule has 0 heterocycles. The first-order valence-corrected chi connectivity index (χ1v) is 5.06. The van der Waals surface area contributed by atoms with E-state index >= 15 is 0 Å². The van der Waals surface area contributed by atoms with Crippen molar-refractivity contribution in [1.82, 2.24) is 10.6 Å². The van der Waals surface area contributed by atoms with Gasteiger partial charge in [0.05, 0.1) is 11.7 Å². The van der Waals surface area contributed by atoms with Gasteiger partial charge in [0.25, 0.3) is 0 Å². The van der Waals surface area contributed by atoms with Crippen LogP contribution in [0.1, 0.15) is 27.7 Å². The van der Waals surface area contributed by atoms with Crippen LogP contribution in [0.5, 0.6) is 0 Å². The highest BCUT2D eigenvalue weighted by Gasteiger charge is 2.29. The summed E-state index contributed by atoms with van der Waals surface area (Å²) in [6.45, 7) is 7.08. The third kappa shape index (κ3) is 5.55. The quantitative estimate of drug-likeness (QED) is 0.661. The van der Waals surface area contributed by atoms with E-state index in [9.17, 15) is 9.59 Å². The number of urea groups is 1. The minimum atomic E-state index is -1.12. The summed E-state index contributed by atoms with van der Waals surface area (Å²) >= 11 is 0. The largest absolute Gasteiger partial charge is 0.480 e. The van der Waals surface area contributed by atoms with Gasteiger partial charge < -0.3 is 20.5 Å². The first kappa shape index (κ1) is 14.7. The summed E-state index contributed by atoms with van der Waals surface area (Å²) in [6.07, 6.45) is -0.616. The summed E-state index contributed by atoms with van der Waals surface area (Å²) in [5.41, 5.74) is -0.461. The maximum absolute atomic E-state index is 11.1. The monoisotopic (exact) mass is 232 g/mol. The fraction of sp³-hybridized carbons (Fsp3) is 0.800. The number of aliphatic carboxylic acids is 1. The van der Waals surface area contributed by atoms with Gasteiger partial charge in [-0.25, -0.2) is 9.59 Å². The number of rotatable bonds is 4. The van der Waals surface area contributed by atoms with Gasteiger partial charge in [0.1, 0.15) is 0 Å². The Balaban J connectivity index is 4.53. The summed E-state index contributed by atoms with van der Waals surface area (Å²) in [6, 6.07) is -1.61. The lowest BCUT2D eigenvalue weighted by atomic mass is 10.1. The maximum atomic E-state index is 11.1. The molecule has 0 aromatic heterocycles. The minimum Gasteiger partial charge on any atom is -0.480 e. The van der Waals surface area contributed by atoms with Crippen molar-refractivity contribution in [2.45, 2.75) is 45.4 Å². The van der Waals surface area contributed by atoms with Gasteiger partial charge in [0.2, 0.25) is 0 Å². The fourth-order valence-corrected chi connectivity index (χ4v) is 1.22. The van der Waals surface area contributed by atoms with Gasteiger partial charge in [-0.3, -0.25) is 0 Å². The van der Waals surface area contributed by atoms with Crippen molar-refractivity contribution in [3.8, 4) is 0 Å². The average Bonchev–Trinajstić information content (AvgIpc) is 2.09. The van der Waals surface area contributed by atoms with E-state index in [2.05, 4.69) is 10.6 Å².